The van der Waals surface area contributed by atoms with Gasteiger partial charge >= 0.3 is 5.97 Å². The molecule has 14 nitrogen and oxygen atoms in total. The highest BCUT2D eigenvalue weighted by atomic mass is 16.4. The molecule has 0 saturated heterocycles. The van der Waals surface area contributed by atoms with Gasteiger partial charge in [-0.1, -0.05) is 48.7 Å². The lowest BCUT2D eigenvalue weighted by Gasteiger charge is -2.33. The van der Waals surface area contributed by atoms with Crippen molar-refractivity contribution < 1.29 is 29.5 Å². The molecule has 0 bridgehead atoms. The van der Waals surface area contributed by atoms with E-state index in [-0.39, 0.29) is 37.1 Å². The zero-order valence-electron chi connectivity index (χ0n) is 22.6. The van der Waals surface area contributed by atoms with Crippen molar-refractivity contribution in [3.8, 4) is 0 Å². The van der Waals surface area contributed by atoms with Crippen molar-refractivity contribution in [1.82, 2.24) is 10.6 Å². The first kappa shape index (κ1) is 31.9. The number of amides is 3. The predicted octanol–water partition coefficient (Wildman–Crippen LogP) is -0.497. The van der Waals surface area contributed by atoms with Crippen molar-refractivity contribution in [3.05, 3.63) is 35.4 Å². The predicted molar refractivity (Wildman–Crippen MR) is 148 cm³/mol. The maximum absolute atomic E-state index is 13.5. The molecule has 1 aliphatic rings. The zero-order chi connectivity index (χ0) is 29.9. The van der Waals surface area contributed by atoms with Crippen LogP contribution in [-0.2, 0) is 25.6 Å². The minimum absolute atomic E-state index is 0.0970. The summed E-state index contributed by atoms with van der Waals surface area (Å²) in [5, 5.41) is 27.1. The molecule has 0 aliphatic heterocycles. The fourth-order valence-electron chi connectivity index (χ4n) is 4.73. The second-order valence-corrected chi connectivity index (χ2v) is 10.3. The number of carbonyl (C=O) groups excluding carboxylic acids is 3. The highest BCUT2D eigenvalue weighted by molar-refractivity contribution is 6.03. The van der Waals surface area contributed by atoms with E-state index < -0.39 is 41.2 Å². The summed E-state index contributed by atoms with van der Waals surface area (Å²) >= 11 is 0. The highest BCUT2D eigenvalue weighted by Gasteiger charge is 2.44. The molecule has 3 amide bonds. The maximum atomic E-state index is 13.5. The van der Waals surface area contributed by atoms with E-state index in [0.717, 1.165) is 19.3 Å². The maximum Gasteiger partial charge on any atom is 0.319 e. The molecule has 0 radical (unpaired) electrons. The number of carboxylic acid groups (broad SMARTS) is 1. The highest BCUT2D eigenvalue weighted by Crippen LogP contribution is 2.29. The molecule has 3 atom stereocenters. The third-order valence-electron chi connectivity index (χ3n) is 7.18. The molecular weight excluding hydrogens is 520 g/mol. The van der Waals surface area contributed by atoms with Crippen LogP contribution >= 0.6 is 0 Å². The Balaban J connectivity index is 2.25. The smallest absolute Gasteiger partial charge is 0.319 e. The quantitative estimate of drug-likeness (QED) is 0.0363. The number of nitrogens with two attached hydrogens (primary N) is 4. The lowest BCUT2D eigenvalue weighted by Crippen LogP contribution is -2.59. The number of aliphatic carboxylic acids is 1. The van der Waals surface area contributed by atoms with Gasteiger partial charge in [-0.15, -0.1) is 0 Å². The average molecular weight is 561 g/mol. The number of primary amides is 1. The first-order chi connectivity index (χ1) is 18.9. The molecule has 40 heavy (non-hydrogen) atoms. The van der Waals surface area contributed by atoms with Crippen LogP contribution in [0.5, 0.6) is 0 Å². The molecule has 1 aromatic carbocycles. The summed E-state index contributed by atoms with van der Waals surface area (Å²) < 4.78 is 0. The van der Waals surface area contributed by atoms with E-state index >= 15 is 0 Å². The van der Waals surface area contributed by atoms with Crippen molar-refractivity contribution in [2.45, 2.75) is 70.4 Å². The van der Waals surface area contributed by atoms with Crippen LogP contribution in [0.1, 0.15) is 63.0 Å². The van der Waals surface area contributed by atoms with Crippen molar-refractivity contribution in [2.75, 3.05) is 6.54 Å². The van der Waals surface area contributed by atoms with Gasteiger partial charge in [0.2, 0.25) is 17.7 Å². The minimum atomic E-state index is -1.92. The van der Waals surface area contributed by atoms with Gasteiger partial charge in [-0.3, -0.25) is 24.2 Å². The van der Waals surface area contributed by atoms with Gasteiger partial charge in [0.05, 0.1) is 0 Å². The summed E-state index contributed by atoms with van der Waals surface area (Å²) in [6, 6.07) is 4.15. The third kappa shape index (κ3) is 8.85. The van der Waals surface area contributed by atoms with Gasteiger partial charge in [0.25, 0.3) is 0 Å². The second kappa shape index (κ2) is 14.7. The van der Waals surface area contributed by atoms with E-state index in [4.69, 9.17) is 28.1 Å². The fraction of sp³-hybridized carbons (Fsp3) is 0.538. The van der Waals surface area contributed by atoms with Crippen molar-refractivity contribution in [3.63, 3.8) is 0 Å². The summed E-state index contributed by atoms with van der Waals surface area (Å²) in [6.45, 7) is 1.52. The standard InChI is InChI=1S/C26H40N8O6/c1-26(24(38)39,14-15-9-11-17(12-10-15)20(27)34-40)23(37)33-19(16-6-3-2-4-7-16)22(36)32-18(21(28)35)8-5-13-31-25(29)30/h9-12,16,18-19,40H,2-8,13-14H2,1H3,(H2,27,34)(H2,28,35)(H,32,36)(H,33,37)(H,38,39)(H4,29,30,31)/t18-,19-,26+/m0/s1. The number of nitrogens with zero attached hydrogens (tertiary/aromatic N) is 2. The molecule has 0 unspecified atom stereocenters. The van der Waals surface area contributed by atoms with E-state index in [1.807, 2.05) is 0 Å². The van der Waals surface area contributed by atoms with Gasteiger partial charge in [-0.2, -0.15) is 0 Å². The number of hydrogen-bond donors (Lipinski definition) is 8. The second-order valence-electron chi connectivity index (χ2n) is 10.3. The molecule has 1 aliphatic carbocycles. The van der Waals surface area contributed by atoms with E-state index in [1.54, 1.807) is 24.3 Å². The summed E-state index contributed by atoms with van der Waals surface area (Å²) in [7, 11) is 0. The van der Waals surface area contributed by atoms with E-state index in [1.165, 1.54) is 6.92 Å². The molecule has 0 heterocycles. The number of hydrogen-bond acceptors (Lipinski definition) is 7. The van der Waals surface area contributed by atoms with E-state index in [2.05, 4.69) is 20.8 Å². The van der Waals surface area contributed by atoms with Crippen LogP contribution in [0.4, 0.5) is 0 Å². The van der Waals surface area contributed by atoms with Crippen LogP contribution in [0.3, 0.4) is 0 Å². The largest absolute Gasteiger partial charge is 0.480 e. The number of carboxylic acids is 1. The molecule has 1 aromatic rings. The van der Waals surface area contributed by atoms with Crippen molar-refractivity contribution in [2.24, 2.45) is 44.4 Å². The van der Waals surface area contributed by atoms with Crippen LogP contribution in [0.15, 0.2) is 34.4 Å². The van der Waals surface area contributed by atoms with Gasteiger partial charge in [-0.05, 0) is 50.5 Å². The van der Waals surface area contributed by atoms with Gasteiger partial charge in [0, 0.05) is 12.1 Å². The van der Waals surface area contributed by atoms with Crippen molar-refractivity contribution in [1.29, 1.82) is 0 Å². The first-order valence-corrected chi connectivity index (χ1v) is 13.1. The van der Waals surface area contributed by atoms with Gasteiger partial charge in [0.1, 0.15) is 17.5 Å². The molecule has 220 valence electrons. The van der Waals surface area contributed by atoms with E-state index in [0.29, 0.717) is 30.4 Å². The Hall–Kier alpha value is -4.36. The third-order valence-corrected chi connectivity index (χ3v) is 7.18. The number of guanidine groups is 1. The van der Waals surface area contributed by atoms with E-state index in [9.17, 15) is 24.3 Å². The van der Waals surface area contributed by atoms with Crippen LogP contribution in [-0.4, -0.2) is 64.4 Å². The Kier molecular flexibility index (Phi) is 11.7. The summed E-state index contributed by atoms with van der Waals surface area (Å²) in [5.41, 5.74) is 20.7. The van der Waals surface area contributed by atoms with Crippen LogP contribution in [0.2, 0.25) is 0 Å². The summed E-state index contributed by atoms with van der Waals surface area (Å²) in [6.07, 6.45) is 4.37. The Morgan fingerprint density at radius 3 is 2.17 bits per heavy atom. The number of benzene rings is 1. The normalized spacial score (nSPS) is 17.1. The average Bonchev–Trinajstić information content (AvgIpc) is 2.93. The van der Waals surface area contributed by atoms with Gasteiger partial charge in [-0.25, -0.2) is 0 Å². The Labute approximate surface area is 232 Å². The molecular formula is C26H40N8O6. The van der Waals surface area contributed by atoms with Crippen LogP contribution < -0.4 is 33.6 Å². The number of amidine groups is 1. The SMILES string of the molecule is C[C@](Cc1ccc(C(N)=NO)cc1)(C(=O)O)C(=O)N[C@H](C(=O)N[C@@H](CCCN=C(N)N)C(N)=O)C1CCCCC1. The van der Waals surface area contributed by atoms with Crippen molar-refractivity contribution >= 4 is 35.5 Å². The summed E-state index contributed by atoms with van der Waals surface area (Å²) in [4.78, 5) is 55.2. The molecule has 0 spiro atoms. The number of nitrogens with one attached hydrogen (secondary N) is 2. The Bertz CT molecular complexity index is 1110. The topological polar surface area (TPSA) is 262 Å². The zero-order valence-corrected chi connectivity index (χ0v) is 22.6. The number of aliphatic imine (C=N–C) groups is 1. The number of carbonyl (C=O) groups is 4. The Morgan fingerprint density at radius 1 is 1.02 bits per heavy atom. The first-order valence-electron chi connectivity index (χ1n) is 13.1. The van der Waals surface area contributed by atoms with Crippen LogP contribution in [0, 0.1) is 11.3 Å². The fourth-order valence-corrected chi connectivity index (χ4v) is 4.73. The molecule has 14 heteroatoms. The van der Waals surface area contributed by atoms with Crippen LogP contribution in [0.25, 0.3) is 0 Å². The number of rotatable bonds is 14. The molecule has 12 N–H and O–H groups in total. The minimum Gasteiger partial charge on any atom is -0.480 e. The number of oxime groups is 1. The molecule has 2 rings (SSSR count). The Morgan fingerprint density at radius 2 is 1.65 bits per heavy atom. The molecule has 0 aromatic heterocycles. The lowest BCUT2D eigenvalue weighted by atomic mass is 9.80. The monoisotopic (exact) mass is 560 g/mol. The summed E-state index contributed by atoms with van der Waals surface area (Å²) in [5.74, 6) is -4.03. The lowest BCUT2D eigenvalue weighted by molar-refractivity contribution is -0.155. The van der Waals surface area contributed by atoms with Gasteiger partial charge < -0.3 is 43.9 Å². The molecule has 1 fully saturated rings. The van der Waals surface area contributed by atoms with Gasteiger partial charge in [0.15, 0.2) is 11.8 Å². The molecule has 1 saturated carbocycles.